The molecule has 7 heteroatoms. The second-order valence-corrected chi connectivity index (χ2v) is 5.66. The average Bonchev–Trinajstić information content (AvgIpc) is 2.84. The van der Waals surface area contributed by atoms with Crippen LogP contribution in [0.5, 0.6) is 5.75 Å². The number of ether oxygens (including phenoxy) is 1. The predicted octanol–water partition coefficient (Wildman–Crippen LogP) is 2.77. The van der Waals surface area contributed by atoms with Crippen molar-refractivity contribution in [2.75, 3.05) is 6.61 Å². The predicted molar refractivity (Wildman–Crippen MR) is 86.1 cm³/mol. The van der Waals surface area contributed by atoms with Crippen LogP contribution >= 0.6 is 45.2 Å². The number of rotatable bonds is 4. The summed E-state index contributed by atoms with van der Waals surface area (Å²) in [4.78, 5) is 0. The number of nitrogens with zero attached hydrogens (tertiary/aromatic N) is 4. The largest absolute Gasteiger partial charge is 0.492 e. The van der Waals surface area contributed by atoms with Gasteiger partial charge in [0.05, 0.1) is 20.0 Å². The van der Waals surface area contributed by atoms with Crippen molar-refractivity contribution >= 4 is 51.4 Å². The summed E-state index contributed by atoms with van der Waals surface area (Å²) in [6, 6.07) is 4.06. The Morgan fingerprint density at radius 3 is 2.44 bits per heavy atom. The van der Waals surface area contributed by atoms with E-state index in [1.807, 2.05) is 19.1 Å². The minimum Gasteiger partial charge on any atom is -0.492 e. The number of halogens is 2. The molecule has 5 nitrogen and oxygen atoms in total. The molecule has 18 heavy (non-hydrogen) atoms. The highest BCUT2D eigenvalue weighted by Gasteiger charge is 2.07. The summed E-state index contributed by atoms with van der Waals surface area (Å²) < 4.78 is 9.29. The first-order chi connectivity index (χ1) is 8.70. The van der Waals surface area contributed by atoms with Crippen LogP contribution in [0, 0.1) is 7.14 Å². The van der Waals surface area contributed by atoms with Crippen LogP contribution in [0.4, 0.5) is 0 Å². The zero-order valence-corrected chi connectivity index (χ0v) is 13.9. The highest BCUT2D eigenvalue weighted by Crippen LogP contribution is 2.28. The van der Waals surface area contributed by atoms with Gasteiger partial charge in [-0.25, -0.2) is 4.68 Å². The molecule has 1 aromatic carbocycles. The molecule has 0 bridgehead atoms. The van der Waals surface area contributed by atoms with Crippen LogP contribution < -0.4 is 4.74 Å². The van der Waals surface area contributed by atoms with Gasteiger partial charge in [0.15, 0.2) is 0 Å². The number of hydrogen-bond donors (Lipinski definition) is 0. The SMILES string of the molecule is CCOc1c(I)cc(/C=N\n2cnnc2)cc1I. The van der Waals surface area contributed by atoms with Crippen molar-refractivity contribution in [3.63, 3.8) is 0 Å². The monoisotopic (exact) mass is 468 g/mol. The molecular weight excluding hydrogens is 458 g/mol. The van der Waals surface area contributed by atoms with Gasteiger partial charge in [-0.05, 0) is 69.8 Å². The summed E-state index contributed by atoms with van der Waals surface area (Å²) in [6.45, 7) is 2.65. The Kier molecular flexibility index (Phi) is 4.92. The first kappa shape index (κ1) is 13.7. The molecule has 0 radical (unpaired) electrons. The van der Waals surface area contributed by atoms with Crippen LogP contribution in [0.15, 0.2) is 29.9 Å². The Bertz CT molecular complexity index is 531. The molecule has 2 rings (SSSR count). The first-order valence-electron chi connectivity index (χ1n) is 5.21. The lowest BCUT2D eigenvalue weighted by Gasteiger charge is -2.09. The Labute approximate surface area is 132 Å². The number of aromatic nitrogens is 3. The topological polar surface area (TPSA) is 52.3 Å². The van der Waals surface area contributed by atoms with Crippen LogP contribution in [0.1, 0.15) is 12.5 Å². The lowest BCUT2D eigenvalue weighted by Crippen LogP contribution is -1.98. The molecule has 0 aliphatic rings. The van der Waals surface area contributed by atoms with E-state index >= 15 is 0 Å². The van der Waals surface area contributed by atoms with E-state index < -0.39 is 0 Å². The van der Waals surface area contributed by atoms with Gasteiger partial charge in [0, 0.05) is 0 Å². The van der Waals surface area contributed by atoms with E-state index in [0.717, 1.165) is 18.5 Å². The van der Waals surface area contributed by atoms with E-state index in [1.165, 1.54) is 0 Å². The van der Waals surface area contributed by atoms with Crippen LogP contribution in [0.2, 0.25) is 0 Å². The van der Waals surface area contributed by atoms with Crippen molar-refractivity contribution in [3.8, 4) is 5.75 Å². The summed E-state index contributed by atoms with van der Waals surface area (Å²) in [7, 11) is 0. The Morgan fingerprint density at radius 2 is 1.89 bits per heavy atom. The second-order valence-electron chi connectivity index (χ2n) is 3.33. The van der Waals surface area contributed by atoms with Crippen molar-refractivity contribution in [3.05, 3.63) is 37.5 Å². The van der Waals surface area contributed by atoms with E-state index in [-0.39, 0.29) is 0 Å². The van der Waals surface area contributed by atoms with Crippen LogP contribution in [-0.2, 0) is 0 Å². The fraction of sp³-hybridized carbons (Fsp3) is 0.182. The van der Waals surface area contributed by atoms with E-state index in [9.17, 15) is 0 Å². The van der Waals surface area contributed by atoms with Crippen molar-refractivity contribution in [2.45, 2.75) is 6.92 Å². The quantitative estimate of drug-likeness (QED) is 0.513. The maximum Gasteiger partial charge on any atom is 0.145 e. The normalized spacial score (nSPS) is 11.1. The fourth-order valence-corrected chi connectivity index (χ4v) is 3.45. The van der Waals surface area contributed by atoms with Gasteiger partial charge in [0.2, 0.25) is 0 Å². The molecule has 0 atom stereocenters. The lowest BCUT2D eigenvalue weighted by molar-refractivity contribution is 0.335. The van der Waals surface area contributed by atoms with Crippen LogP contribution in [0.25, 0.3) is 0 Å². The molecule has 0 fully saturated rings. The van der Waals surface area contributed by atoms with Gasteiger partial charge in [0.1, 0.15) is 18.4 Å². The van der Waals surface area contributed by atoms with E-state index in [1.54, 1.807) is 23.5 Å². The standard InChI is InChI=1S/C11H10I2N4O/c1-2-18-11-9(12)3-8(4-10(11)13)5-16-17-6-14-15-7-17/h3-7H,2H2,1H3/b16-5-. The third-order valence-electron chi connectivity index (χ3n) is 2.06. The van der Waals surface area contributed by atoms with Gasteiger partial charge in [-0.3, -0.25) is 0 Å². The van der Waals surface area contributed by atoms with Gasteiger partial charge in [0.25, 0.3) is 0 Å². The molecule has 0 saturated carbocycles. The first-order valence-corrected chi connectivity index (χ1v) is 7.37. The van der Waals surface area contributed by atoms with E-state index in [4.69, 9.17) is 4.74 Å². The Balaban J connectivity index is 2.25. The maximum atomic E-state index is 5.59. The molecule has 2 aromatic rings. The Hall–Kier alpha value is -0.710. The number of hydrogen-bond acceptors (Lipinski definition) is 4. The van der Waals surface area contributed by atoms with Gasteiger partial charge >= 0.3 is 0 Å². The summed E-state index contributed by atoms with van der Waals surface area (Å²) in [6.07, 6.45) is 4.85. The van der Waals surface area contributed by atoms with Gasteiger partial charge in [-0.2, -0.15) is 5.10 Å². The highest BCUT2D eigenvalue weighted by molar-refractivity contribution is 14.1. The molecule has 94 valence electrons. The van der Waals surface area contributed by atoms with Crippen molar-refractivity contribution < 1.29 is 4.74 Å². The summed E-state index contributed by atoms with van der Waals surface area (Å²) >= 11 is 4.53. The maximum absolute atomic E-state index is 5.59. The molecule has 0 amide bonds. The fourth-order valence-electron chi connectivity index (χ4n) is 1.32. The minimum atomic E-state index is 0.667. The van der Waals surface area contributed by atoms with Crippen LogP contribution in [0.3, 0.4) is 0 Å². The van der Waals surface area contributed by atoms with Crippen molar-refractivity contribution in [1.29, 1.82) is 0 Å². The minimum absolute atomic E-state index is 0.667. The molecule has 0 N–H and O–H groups in total. The Morgan fingerprint density at radius 1 is 1.28 bits per heavy atom. The lowest BCUT2D eigenvalue weighted by atomic mass is 10.2. The van der Waals surface area contributed by atoms with Crippen LogP contribution in [-0.4, -0.2) is 27.7 Å². The van der Waals surface area contributed by atoms with Crippen molar-refractivity contribution in [2.24, 2.45) is 5.10 Å². The molecular formula is C11H10I2N4O. The molecule has 1 aromatic heterocycles. The van der Waals surface area contributed by atoms with Gasteiger partial charge in [-0.15, -0.1) is 10.2 Å². The van der Waals surface area contributed by atoms with Gasteiger partial charge in [-0.1, -0.05) is 0 Å². The zero-order valence-electron chi connectivity index (χ0n) is 9.55. The molecule has 0 spiro atoms. The smallest absolute Gasteiger partial charge is 0.145 e. The average molecular weight is 468 g/mol. The second kappa shape index (κ2) is 6.45. The summed E-state index contributed by atoms with van der Waals surface area (Å²) in [5, 5.41) is 11.6. The number of benzene rings is 1. The molecule has 0 unspecified atom stereocenters. The summed E-state index contributed by atoms with van der Waals surface area (Å²) in [5.41, 5.74) is 1.01. The van der Waals surface area contributed by atoms with E-state index in [2.05, 4.69) is 60.5 Å². The van der Waals surface area contributed by atoms with Gasteiger partial charge < -0.3 is 4.74 Å². The highest BCUT2D eigenvalue weighted by atomic mass is 127. The third-order valence-corrected chi connectivity index (χ3v) is 3.66. The zero-order chi connectivity index (χ0) is 13.0. The molecule has 0 aliphatic heterocycles. The molecule has 0 aliphatic carbocycles. The summed E-state index contributed by atoms with van der Waals surface area (Å²) in [5.74, 6) is 0.931. The molecule has 0 saturated heterocycles. The molecule has 1 heterocycles. The van der Waals surface area contributed by atoms with E-state index in [0.29, 0.717) is 6.61 Å². The van der Waals surface area contributed by atoms with Crippen molar-refractivity contribution in [1.82, 2.24) is 14.9 Å². The third kappa shape index (κ3) is 3.40.